The summed E-state index contributed by atoms with van der Waals surface area (Å²) in [5, 5.41) is 13.1. The number of methoxy groups -OCH3 is 1. The van der Waals surface area contributed by atoms with Gasteiger partial charge in [0.15, 0.2) is 6.10 Å². The number of carbonyl (C=O) groups excluding carboxylic acids is 1. The molecule has 1 N–H and O–H groups in total. The number of aromatic nitrogens is 1. The number of carbonyl (C=O) groups is 1. The van der Waals surface area contributed by atoms with E-state index < -0.39 is 12.1 Å². The molecule has 0 fully saturated rings. The molecule has 0 saturated heterocycles. The Morgan fingerprint density at radius 2 is 2.23 bits per heavy atom. The molecule has 0 aliphatic heterocycles. The van der Waals surface area contributed by atoms with Crippen molar-refractivity contribution in [3.05, 3.63) is 17.0 Å². The molecule has 1 aromatic heterocycles. The lowest BCUT2D eigenvalue weighted by molar-refractivity contribution is -0.150. The molecular formula is C8H11NO4. The summed E-state index contributed by atoms with van der Waals surface area (Å²) in [4.78, 5) is 11.0. The molecule has 0 aliphatic rings. The van der Waals surface area contributed by atoms with Gasteiger partial charge in [-0.3, -0.25) is 0 Å². The normalized spacial score (nSPS) is 12.6. The number of aryl methyl sites for hydroxylation is 2. The van der Waals surface area contributed by atoms with Crippen LogP contribution in [0, 0.1) is 13.8 Å². The fourth-order valence-electron chi connectivity index (χ4n) is 1.11. The maximum Gasteiger partial charge on any atom is 0.339 e. The number of ether oxygens (including phenoxy) is 1. The molecule has 0 amide bonds. The van der Waals surface area contributed by atoms with E-state index in [1.165, 1.54) is 7.11 Å². The highest BCUT2D eigenvalue weighted by Gasteiger charge is 2.25. The molecule has 1 aromatic rings. The van der Waals surface area contributed by atoms with E-state index in [2.05, 4.69) is 9.89 Å². The second-order valence-electron chi connectivity index (χ2n) is 2.66. The largest absolute Gasteiger partial charge is 0.467 e. The van der Waals surface area contributed by atoms with Gasteiger partial charge in [0.1, 0.15) is 5.76 Å². The van der Waals surface area contributed by atoms with E-state index in [0.717, 1.165) is 0 Å². The number of esters is 1. The van der Waals surface area contributed by atoms with Gasteiger partial charge in [-0.05, 0) is 13.8 Å². The molecule has 72 valence electrons. The highest BCUT2D eigenvalue weighted by atomic mass is 16.5. The van der Waals surface area contributed by atoms with Gasteiger partial charge in [0.2, 0.25) is 0 Å². The molecule has 5 heteroatoms. The van der Waals surface area contributed by atoms with Crippen LogP contribution in [0.1, 0.15) is 23.1 Å². The van der Waals surface area contributed by atoms with Crippen LogP contribution in [0.2, 0.25) is 0 Å². The van der Waals surface area contributed by atoms with Crippen molar-refractivity contribution >= 4 is 5.97 Å². The average molecular weight is 185 g/mol. The van der Waals surface area contributed by atoms with Gasteiger partial charge in [0, 0.05) is 0 Å². The van der Waals surface area contributed by atoms with Gasteiger partial charge in [-0.1, -0.05) is 5.16 Å². The van der Waals surface area contributed by atoms with E-state index in [4.69, 9.17) is 4.52 Å². The second-order valence-corrected chi connectivity index (χ2v) is 2.66. The second kappa shape index (κ2) is 3.57. The van der Waals surface area contributed by atoms with Crippen molar-refractivity contribution in [1.29, 1.82) is 0 Å². The molecule has 0 bridgehead atoms. The molecule has 0 spiro atoms. The topological polar surface area (TPSA) is 72.6 Å². The van der Waals surface area contributed by atoms with Crippen molar-refractivity contribution in [2.75, 3.05) is 7.11 Å². The smallest absolute Gasteiger partial charge is 0.339 e. The maximum atomic E-state index is 11.0. The van der Waals surface area contributed by atoms with Crippen LogP contribution in [-0.2, 0) is 9.53 Å². The fraction of sp³-hybridized carbons (Fsp3) is 0.500. The average Bonchev–Trinajstić information content (AvgIpc) is 2.44. The fourth-order valence-corrected chi connectivity index (χ4v) is 1.11. The summed E-state index contributed by atoms with van der Waals surface area (Å²) in [5.41, 5.74) is 0.877. The molecule has 13 heavy (non-hydrogen) atoms. The SMILES string of the molecule is COC(=O)C(O)c1c(C)noc1C. The first-order valence-corrected chi connectivity index (χ1v) is 3.76. The van der Waals surface area contributed by atoms with Crippen LogP contribution in [0.5, 0.6) is 0 Å². The van der Waals surface area contributed by atoms with E-state index >= 15 is 0 Å². The highest BCUT2D eigenvalue weighted by molar-refractivity contribution is 5.76. The highest BCUT2D eigenvalue weighted by Crippen LogP contribution is 2.21. The predicted octanol–water partition coefficient (Wildman–Crippen LogP) is 0.498. The van der Waals surface area contributed by atoms with E-state index in [9.17, 15) is 9.90 Å². The quantitative estimate of drug-likeness (QED) is 0.679. The van der Waals surface area contributed by atoms with Crippen molar-refractivity contribution in [3.8, 4) is 0 Å². The van der Waals surface area contributed by atoms with Crippen LogP contribution >= 0.6 is 0 Å². The summed E-state index contributed by atoms with van der Waals surface area (Å²) in [7, 11) is 1.21. The van der Waals surface area contributed by atoms with Crippen LogP contribution in [0.4, 0.5) is 0 Å². The number of aliphatic hydroxyl groups is 1. The molecule has 1 heterocycles. The minimum absolute atomic E-state index is 0.381. The Bertz CT molecular complexity index is 298. The lowest BCUT2D eigenvalue weighted by atomic mass is 10.1. The first kappa shape index (κ1) is 9.73. The van der Waals surface area contributed by atoms with Crippen LogP contribution in [0.3, 0.4) is 0 Å². The number of nitrogens with zero attached hydrogens (tertiary/aromatic N) is 1. The summed E-state index contributed by atoms with van der Waals surface area (Å²) < 4.78 is 9.18. The van der Waals surface area contributed by atoms with Crippen LogP contribution in [0.25, 0.3) is 0 Å². The Morgan fingerprint density at radius 1 is 1.62 bits per heavy atom. The molecule has 0 aromatic carbocycles. The van der Waals surface area contributed by atoms with E-state index in [-0.39, 0.29) is 0 Å². The minimum atomic E-state index is -1.31. The van der Waals surface area contributed by atoms with Crippen LogP contribution in [0.15, 0.2) is 4.52 Å². The first-order chi connectivity index (χ1) is 6.07. The Balaban J connectivity index is 3.00. The van der Waals surface area contributed by atoms with E-state index in [0.29, 0.717) is 17.0 Å². The Kier molecular flexibility index (Phi) is 2.67. The molecular weight excluding hydrogens is 174 g/mol. The zero-order valence-electron chi connectivity index (χ0n) is 7.70. The van der Waals surface area contributed by atoms with Crippen molar-refractivity contribution in [1.82, 2.24) is 5.16 Å². The Labute approximate surface area is 75.3 Å². The molecule has 0 radical (unpaired) electrons. The van der Waals surface area contributed by atoms with Gasteiger partial charge < -0.3 is 14.4 Å². The first-order valence-electron chi connectivity index (χ1n) is 3.76. The van der Waals surface area contributed by atoms with Gasteiger partial charge in [0.25, 0.3) is 0 Å². The number of rotatable bonds is 2. The van der Waals surface area contributed by atoms with Crippen LogP contribution in [-0.4, -0.2) is 23.3 Å². The maximum absolute atomic E-state index is 11.0. The number of hydrogen-bond acceptors (Lipinski definition) is 5. The van der Waals surface area contributed by atoms with Gasteiger partial charge in [-0.2, -0.15) is 0 Å². The molecule has 0 saturated carbocycles. The van der Waals surface area contributed by atoms with Crippen molar-refractivity contribution < 1.29 is 19.2 Å². The predicted molar refractivity (Wildman–Crippen MR) is 43.0 cm³/mol. The van der Waals surface area contributed by atoms with Crippen molar-refractivity contribution in [2.24, 2.45) is 0 Å². The van der Waals surface area contributed by atoms with Crippen molar-refractivity contribution in [2.45, 2.75) is 20.0 Å². The van der Waals surface area contributed by atoms with Crippen molar-refractivity contribution in [3.63, 3.8) is 0 Å². The standard InChI is InChI=1S/C8H11NO4/c1-4-6(5(2)13-9-4)7(10)8(11)12-3/h7,10H,1-3H3. The summed E-state index contributed by atoms with van der Waals surface area (Å²) >= 11 is 0. The summed E-state index contributed by atoms with van der Waals surface area (Å²) in [6.07, 6.45) is -1.31. The van der Waals surface area contributed by atoms with E-state index in [1.54, 1.807) is 13.8 Å². The lowest BCUT2D eigenvalue weighted by Crippen LogP contribution is -2.14. The molecule has 0 aliphatic carbocycles. The third kappa shape index (κ3) is 1.70. The van der Waals surface area contributed by atoms with Gasteiger partial charge in [0.05, 0.1) is 18.4 Å². The number of aliphatic hydroxyl groups excluding tert-OH is 1. The van der Waals surface area contributed by atoms with Gasteiger partial charge in [-0.15, -0.1) is 0 Å². The van der Waals surface area contributed by atoms with E-state index in [1.807, 2.05) is 0 Å². The molecule has 1 unspecified atom stereocenters. The molecule has 1 rings (SSSR count). The lowest BCUT2D eigenvalue weighted by Gasteiger charge is -2.06. The summed E-state index contributed by atoms with van der Waals surface area (Å²) in [6, 6.07) is 0. The number of hydrogen-bond donors (Lipinski definition) is 1. The van der Waals surface area contributed by atoms with Crippen LogP contribution < -0.4 is 0 Å². The summed E-state index contributed by atoms with van der Waals surface area (Å²) in [6.45, 7) is 3.28. The summed E-state index contributed by atoms with van der Waals surface area (Å²) in [5.74, 6) is -0.287. The van der Waals surface area contributed by atoms with Gasteiger partial charge in [-0.25, -0.2) is 4.79 Å². The molecule has 1 atom stereocenters. The Morgan fingerprint density at radius 3 is 2.62 bits per heavy atom. The monoisotopic (exact) mass is 185 g/mol. The third-order valence-electron chi connectivity index (χ3n) is 1.79. The minimum Gasteiger partial charge on any atom is -0.467 e. The zero-order chi connectivity index (χ0) is 10.0. The Hall–Kier alpha value is -1.36. The van der Waals surface area contributed by atoms with Gasteiger partial charge >= 0.3 is 5.97 Å². The molecule has 5 nitrogen and oxygen atoms in total. The zero-order valence-corrected chi connectivity index (χ0v) is 7.70. The third-order valence-corrected chi connectivity index (χ3v) is 1.79.